The molecule has 0 heterocycles. The van der Waals surface area contributed by atoms with Gasteiger partial charge in [-0.25, -0.2) is 0 Å². The third-order valence-electron chi connectivity index (χ3n) is 2.91. The van der Waals surface area contributed by atoms with E-state index < -0.39 is 77.8 Å². The summed E-state index contributed by atoms with van der Waals surface area (Å²) in [6.07, 6.45) is -10.0. The van der Waals surface area contributed by atoms with Crippen LogP contribution < -0.4 is 11.1 Å². The van der Waals surface area contributed by atoms with Crippen LogP contribution in [0, 0.1) is 0 Å². The van der Waals surface area contributed by atoms with Crippen molar-refractivity contribution in [2.75, 3.05) is 11.5 Å². The van der Waals surface area contributed by atoms with Crippen LogP contribution in [0.1, 0.15) is 25.7 Å². The van der Waals surface area contributed by atoms with Gasteiger partial charge < -0.3 is 21.3 Å². The quantitative estimate of drug-likeness (QED) is 0.293. The lowest BCUT2D eigenvalue weighted by Gasteiger charge is -2.19. The highest BCUT2D eigenvalue weighted by Gasteiger charge is 2.56. The normalized spacial score (nSPS) is 16.1. The highest BCUT2D eigenvalue weighted by molar-refractivity contribution is 7.84. The molecule has 148 valence electrons. The molecule has 25 heavy (non-hydrogen) atoms. The molecule has 1 amide bonds. The zero-order valence-corrected chi connectivity index (χ0v) is 13.7. The predicted molar refractivity (Wildman–Crippen MR) is 77.1 cm³/mol. The second-order valence-corrected chi connectivity index (χ2v) is 6.92. The summed E-state index contributed by atoms with van der Waals surface area (Å²) in [6, 6.07) is -0.925. The maximum atomic E-state index is 12.6. The summed E-state index contributed by atoms with van der Waals surface area (Å²) in [4.78, 5) is 21.8. The highest BCUT2D eigenvalue weighted by Crippen LogP contribution is 2.38. The number of alkyl halides is 5. The molecule has 0 aliphatic rings. The Morgan fingerprint density at radius 1 is 1.16 bits per heavy atom. The number of amides is 1. The third kappa shape index (κ3) is 10.3. The van der Waals surface area contributed by atoms with Gasteiger partial charge in [-0.05, 0) is 0 Å². The van der Waals surface area contributed by atoms with Gasteiger partial charge in [0.15, 0.2) is 0 Å². The van der Waals surface area contributed by atoms with E-state index in [9.17, 15) is 40.9 Å². The number of nitrogens with one attached hydrogen (secondary N) is 1. The van der Waals surface area contributed by atoms with Crippen molar-refractivity contribution >= 4 is 22.7 Å². The van der Waals surface area contributed by atoms with Crippen LogP contribution in [0.15, 0.2) is 0 Å². The van der Waals surface area contributed by atoms with Crippen LogP contribution in [-0.2, 0) is 20.4 Å². The van der Waals surface area contributed by atoms with Gasteiger partial charge in [0.25, 0.3) is 0 Å². The molecule has 0 aromatic carbocycles. The van der Waals surface area contributed by atoms with Crippen molar-refractivity contribution in [1.29, 1.82) is 0 Å². The van der Waals surface area contributed by atoms with Gasteiger partial charge in [-0.2, -0.15) is 22.0 Å². The molecule has 3 atom stereocenters. The summed E-state index contributed by atoms with van der Waals surface area (Å²) >= 11 is 0. The minimum Gasteiger partial charge on any atom is -0.481 e. The molecule has 0 aromatic rings. The number of rotatable bonds is 11. The monoisotopic (exact) mass is 398 g/mol. The van der Waals surface area contributed by atoms with Crippen LogP contribution in [0.3, 0.4) is 0 Å². The molecular formula is C12H19F5N2O5S. The Labute approximate surface area is 142 Å². The van der Waals surface area contributed by atoms with Crippen molar-refractivity contribution in [1.82, 2.24) is 5.32 Å². The third-order valence-corrected chi connectivity index (χ3v) is 4.22. The Hall–Kier alpha value is -1.34. The summed E-state index contributed by atoms with van der Waals surface area (Å²) in [5.74, 6) is -8.39. The van der Waals surface area contributed by atoms with E-state index in [4.69, 9.17) is 10.8 Å². The average Bonchev–Trinajstić information content (AvgIpc) is 2.40. The van der Waals surface area contributed by atoms with Crippen molar-refractivity contribution in [3.63, 3.8) is 0 Å². The van der Waals surface area contributed by atoms with Crippen molar-refractivity contribution < 1.29 is 46.0 Å². The standard InChI is InChI=1S/C12H19F5N2O5S/c13-11(14,12(15,16)17)2-4-25(24)3-1-8(20)19-9(21)5-7(18)6-10(22)23/h7,9,21H,1-6,18H2,(H,19,20)(H,22,23). The molecule has 0 fully saturated rings. The largest absolute Gasteiger partial charge is 0.481 e. The molecule has 0 saturated heterocycles. The number of carbonyl (C=O) groups is 2. The van der Waals surface area contributed by atoms with Crippen LogP contribution in [0.5, 0.6) is 0 Å². The van der Waals surface area contributed by atoms with Gasteiger partial charge in [0.05, 0.1) is 6.42 Å². The molecule has 0 bridgehead atoms. The molecule has 0 spiro atoms. The number of carboxylic acid groups (broad SMARTS) is 1. The van der Waals surface area contributed by atoms with Gasteiger partial charge in [0.2, 0.25) is 5.91 Å². The summed E-state index contributed by atoms with van der Waals surface area (Å²) in [6.45, 7) is 0. The molecule has 3 unspecified atom stereocenters. The molecule has 13 heteroatoms. The molecule has 0 aliphatic carbocycles. The lowest BCUT2D eigenvalue weighted by atomic mass is 10.1. The maximum absolute atomic E-state index is 12.6. The molecule has 0 radical (unpaired) electrons. The van der Waals surface area contributed by atoms with E-state index in [-0.39, 0.29) is 6.42 Å². The van der Waals surface area contributed by atoms with Crippen LogP contribution in [-0.4, -0.2) is 62.2 Å². The SMILES string of the molecule is NC(CC(=O)O)CC(O)NC(=O)CCS(=O)CCC(F)(F)C(F)(F)F. The van der Waals surface area contributed by atoms with Crippen molar-refractivity contribution in [3.05, 3.63) is 0 Å². The molecule has 0 aliphatic heterocycles. The van der Waals surface area contributed by atoms with Gasteiger partial charge in [0.1, 0.15) is 6.23 Å². The first kappa shape index (κ1) is 23.7. The van der Waals surface area contributed by atoms with E-state index in [0.29, 0.717) is 0 Å². The fourth-order valence-electron chi connectivity index (χ4n) is 1.60. The first-order valence-corrected chi connectivity index (χ1v) is 8.47. The second-order valence-electron chi connectivity index (χ2n) is 5.23. The lowest BCUT2D eigenvalue weighted by molar-refractivity contribution is -0.282. The first-order chi connectivity index (χ1) is 11.2. The summed E-state index contributed by atoms with van der Waals surface area (Å²) in [5.41, 5.74) is 5.39. The number of nitrogens with two attached hydrogens (primary N) is 1. The molecule has 0 aromatic heterocycles. The number of aliphatic hydroxyl groups excluding tert-OH is 1. The van der Waals surface area contributed by atoms with Gasteiger partial charge in [-0.3, -0.25) is 13.8 Å². The number of hydrogen-bond donors (Lipinski definition) is 4. The number of aliphatic hydroxyl groups is 1. The Morgan fingerprint density at radius 3 is 2.20 bits per heavy atom. The van der Waals surface area contributed by atoms with E-state index in [0.717, 1.165) is 0 Å². The second kappa shape index (κ2) is 9.97. The first-order valence-electron chi connectivity index (χ1n) is 6.99. The Kier molecular flexibility index (Phi) is 9.43. The molecule has 5 N–H and O–H groups in total. The van der Waals surface area contributed by atoms with E-state index in [2.05, 4.69) is 0 Å². The number of carboxylic acids is 1. The van der Waals surface area contributed by atoms with Gasteiger partial charge in [0, 0.05) is 47.6 Å². The van der Waals surface area contributed by atoms with Crippen LogP contribution >= 0.6 is 0 Å². The van der Waals surface area contributed by atoms with Crippen molar-refractivity contribution in [2.45, 2.75) is 50.1 Å². The molecule has 0 rings (SSSR count). The zero-order valence-electron chi connectivity index (χ0n) is 12.9. The summed E-state index contributed by atoms with van der Waals surface area (Å²) < 4.78 is 72.5. The Bertz CT molecular complexity index is 489. The van der Waals surface area contributed by atoms with E-state index in [1.165, 1.54) is 0 Å². The van der Waals surface area contributed by atoms with E-state index in [1.54, 1.807) is 0 Å². The number of aliphatic carboxylic acids is 1. The average molecular weight is 398 g/mol. The summed E-state index contributed by atoms with van der Waals surface area (Å²) in [7, 11) is -2.08. The smallest absolute Gasteiger partial charge is 0.453 e. The Morgan fingerprint density at radius 2 is 1.72 bits per heavy atom. The maximum Gasteiger partial charge on any atom is 0.453 e. The van der Waals surface area contributed by atoms with Gasteiger partial charge in [-0.15, -0.1) is 0 Å². The highest BCUT2D eigenvalue weighted by atomic mass is 32.2. The van der Waals surface area contributed by atoms with Crippen molar-refractivity contribution in [3.8, 4) is 0 Å². The molecular weight excluding hydrogens is 379 g/mol. The predicted octanol–water partition coefficient (Wildman–Crippen LogP) is 0.340. The minimum atomic E-state index is -5.73. The van der Waals surface area contributed by atoms with E-state index >= 15 is 0 Å². The van der Waals surface area contributed by atoms with Gasteiger partial charge >= 0.3 is 18.1 Å². The molecule has 7 nitrogen and oxygen atoms in total. The fraction of sp³-hybridized carbons (Fsp3) is 0.833. The van der Waals surface area contributed by atoms with Crippen LogP contribution in [0.4, 0.5) is 22.0 Å². The van der Waals surface area contributed by atoms with E-state index in [1.807, 2.05) is 5.32 Å². The number of hydrogen-bond acceptors (Lipinski definition) is 5. The zero-order chi connectivity index (χ0) is 19.8. The Balaban J connectivity index is 4.13. The number of carbonyl (C=O) groups excluding carboxylic acids is 1. The minimum absolute atomic E-state index is 0.265. The van der Waals surface area contributed by atoms with Crippen LogP contribution in [0.25, 0.3) is 0 Å². The molecule has 0 saturated carbocycles. The fourth-order valence-corrected chi connectivity index (χ4v) is 2.70. The lowest BCUT2D eigenvalue weighted by Crippen LogP contribution is -2.40. The number of halogens is 5. The van der Waals surface area contributed by atoms with Gasteiger partial charge in [-0.1, -0.05) is 0 Å². The topological polar surface area (TPSA) is 130 Å². The summed E-state index contributed by atoms with van der Waals surface area (Å²) in [5, 5.41) is 20.0. The van der Waals surface area contributed by atoms with Crippen LogP contribution in [0.2, 0.25) is 0 Å². The van der Waals surface area contributed by atoms with Crippen molar-refractivity contribution in [2.24, 2.45) is 5.73 Å².